The average Bonchev–Trinajstić information content (AvgIpc) is 2.72. The number of aromatic amines is 1. The highest BCUT2D eigenvalue weighted by Crippen LogP contribution is 2.27. The lowest BCUT2D eigenvalue weighted by molar-refractivity contribution is -0.385. The minimum Gasteiger partial charge on any atom is -0.465 e. The van der Waals surface area contributed by atoms with Gasteiger partial charge in [0.2, 0.25) is 0 Å². The highest BCUT2D eigenvalue weighted by molar-refractivity contribution is 5.94. The van der Waals surface area contributed by atoms with Crippen LogP contribution in [0.5, 0.6) is 0 Å². The minimum atomic E-state index is -0.798. The van der Waals surface area contributed by atoms with Crippen LogP contribution in [-0.4, -0.2) is 34.5 Å². The Kier molecular flexibility index (Phi) is 5.78. The normalized spacial score (nSPS) is 10.4. The van der Waals surface area contributed by atoms with Crippen molar-refractivity contribution in [2.75, 3.05) is 18.6 Å². The van der Waals surface area contributed by atoms with Crippen LogP contribution in [0.3, 0.4) is 0 Å². The Balaban J connectivity index is 2.01. The zero-order valence-electron chi connectivity index (χ0n) is 16.3. The molecule has 0 saturated heterocycles. The lowest BCUT2D eigenvalue weighted by Gasteiger charge is -2.23. The van der Waals surface area contributed by atoms with Crippen molar-refractivity contribution in [3.05, 3.63) is 73.8 Å². The molecule has 3 aromatic rings. The van der Waals surface area contributed by atoms with Crippen LogP contribution in [0.25, 0.3) is 10.9 Å². The Morgan fingerprint density at radius 3 is 2.77 bits per heavy atom. The Labute approximate surface area is 171 Å². The smallest absolute Gasteiger partial charge is 0.344 e. The maximum Gasteiger partial charge on any atom is 0.344 e. The number of hydrogen-bond donors (Lipinski definition) is 1. The van der Waals surface area contributed by atoms with E-state index in [1.54, 1.807) is 30.0 Å². The van der Waals surface area contributed by atoms with E-state index < -0.39 is 10.9 Å². The summed E-state index contributed by atoms with van der Waals surface area (Å²) in [7, 11) is 1.16. The molecule has 0 aliphatic carbocycles. The number of benzene rings is 2. The number of carbonyl (C=O) groups excluding carboxylic acids is 1. The number of esters is 1. The van der Waals surface area contributed by atoms with E-state index in [4.69, 9.17) is 6.42 Å². The van der Waals surface area contributed by atoms with Gasteiger partial charge in [-0.2, -0.15) is 0 Å². The maximum absolute atomic E-state index is 12.2. The van der Waals surface area contributed by atoms with E-state index in [2.05, 4.69) is 20.6 Å². The zero-order chi connectivity index (χ0) is 21.8. The van der Waals surface area contributed by atoms with E-state index in [1.807, 2.05) is 6.07 Å². The summed E-state index contributed by atoms with van der Waals surface area (Å²) in [6, 6.07) is 9.44. The predicted molar refractivity (Wildman–Crippen MR) is 111 cm³/mol. The molecule has 3 rings (SSSR count). The minimum absolute atomic E-state index is 0.148. The largest absolute Gasteiger partial charge is 0.465 e. The molecule has 0 atom stereocenters. The van der Waals surface area contributed by atoms with E-state index in [1.165, 1.54) is 12.1 Å². The molecule has 0 aliphatic rings. The van der Waals surface area contributed by atoms with Crippen LogP contribution < -0.4 is 10.5 Å². The predicted octanol–water partition coefficient (Wildman–Crippen LogP) is 2.57. The summed E-state index contributed by atoms with van der Waals surface area (Å²) < 4.78 is 4.60. The van der Waals surface area contributed by atoms with E-state index in [-0.39, 0.29) is 23.4 Å². The lowest BCUT2D eigenvalue weighted by Crippen LogP contribution is -2.23. The molecular weight excluding hydrogens is 388 g/mol. The molecular formula is C21H18N4O5. The zero-order valence-corrected chi connectivity index (χ0v) is 16.3. The summed E-state index contributed by atoms with van der Waals surface area (Å²) in [6.07, 6.45) is 5.48. The second-order valence-corrected chi connectivity index (χ2v) is 6.51. The lowest BCUT2D eigenvalue weighted by atomic mass is 10.1. The number of terminal acetylenes is 1. The number of methoxy groups -OCH3 is 1. The Bertz CT molecular complexity index is 1240. The van der Waals surface area contributed by atoms with Gasteiger partial charge in [-0.3, -0.25) is 14.9 Å². The first-order chi connectivity index (χ1) is 14.3. The van der Waals surface area contributed by atoms with Crippen LogP contribution in [-0.2, 0) is 11.3 Å². The molecule has 152 valence electrons. The number of nitrogens with zero attached hydrogens (tertiary/aromatic N) is 3. The molecule has 0 radical (unpaired) electrons. The number of carbonyl (C=O) groups is 1. The van der Waals surface area contributed by atoms with Gasteiger partial charge < -0.3 is 14.6 Å². The van der Waals surface area contributed by atoms with E-state index in [9.17, 15) is 19.7 Å². The molecule has 30 heavy (non-hydrogen) atoms. The summed E-state index contributed by atoms with van der Waals surface area (Å²) in [5.74, 6) is 2.25. The van der Waals surface area contributed by atoms with Gasteiger partial charge in [-0.25, -0.2) is 9.78 Å². The van der Waals surface area contributed by atoms with Crippen LogP contribution in [0.1, 0.15) is 21.7 Å². The molecule has 1 N–H and O–H groups in total. The Hall–Kier alpha value is -4.19. The third-order valence-corrected chi connectivity index (χ3v) is 4.49. The van der Waals surface area contributed by atoms with Gasteiger partial charge in [-0.1, -0.05) is 12.0 Å². The van der Waals surface area contributed by atoms with Gasteiger partial charge in [0, 0.05) is 18.3 Å². The fourth-order valence-electron chi connectivity index (χ4n) is 3.12. The number of aromatic nitrogens is 2. The van der Waals surface area contributed by atoms with E-state index >= 15 is 0 Å². The van der Waals surface area contributed by atoms with Crippen molar-refractivity contribution in [2.45, 2.75) is 13.5 Å². The van der Waals surface area contributed by atoms with Crippen molar-refractivity contribution >= 4 is 28.2 Å². The van der Waals surface area contributed by atoms with Gasteiger partial charge in [0.25, 0.3) is 11.2 Å². The number of fused-ring (bicyclic) bond motifs is 1. The molecule has 9 nitrogen and oxygen atoms in total. The molecule has 0 spiro atoms. The van der Waals surface area contributed by atoms with Crippen LogP contribution in [0.15, 0.2) is 41.2 Å². The molecule has 9 heteroatoms. The second kappa shape index (κ2) is 8.45. The van der Waals surface area contributed by atoms with Gasteiger partial charge in [-0.05, 0) is 36.8 Å². The first-order valence-electron chi connectivity index (χ1n) is 8.88. The van der Waals surface area contributed by atoms with Crippen molar-refractivity contribution in [3.63, 3.8) is 0 Å². The van der Waals surface area contributed by atoms with Gasteiger partial charge in [0.15, 0.2) is 0 Å². The number of nitrogens with one attached hydrogen (secondary N) is 1. The number of anilines is 1. The topological polar surface area (TPSA) is 118 Å². The molecule has 0 unspecified atom stereocenters. The standard InChI is InChI=1S/C21H18N4O5/c1-4-9-24(15-6-7-16(21(27)30-3)19(11-15)25(28)29)12-14-5-8-18-17(10-14)20(26)23-13(2)22-18/h1,5-8,10-11H,9,12H2,2-3H3,(H,22,23,26). The van der Waals surface area contributed by atoms with E-state index in [0.717, 1.165) is 12.7 Å². The van der Waals surface area contributed by atoms with Crippen molar-refractivity contribution < 1.29 is 14.5 Å². The number of ether oxygens (including phenoxy) is 1. The van der Waals surface area contributed by atoms with Gasteiger partial charge >= 0.3 is 5.97 Å². The molecule has 1 aromatic heterocycles. The number of rotatable bonds is 6. The fraction of sp³-hybridized carbons (Fsp3) is 0.190. The number of hydrogen-bond acceptors (Lipinski definition) is 7. The first kappa shape index (κ1) is 20.5. The molecule has 2 aromatic carbocycles. The van der Waals surface area contributed by atoms with E-state index in [0.29, 0.717) is 29.0 Å². The molecule has 0 aliphatic heterocycles. The summed E-state index contributed by atoms with van der Waals surface area (Å²) >= 11 is 0. The van der Waals surface area contributed by atoms with Crippen molar-refractivity contribution in [1.82, 2.24) is 9.97 Å². The van der Waals surface area contributed by atoms with Crippen LogP contribution in [0.2, 0.25) is 0 Å². The molecule has 0 bridgehead atoms. The van der Waals surface area contributed by atoms with Gasteiger partial charge in [0.05, 0.1) is 29.5 Å². The number of nitro groups is 1. The highest BCUT2D eigenvalue weighted by atomic mass is 16.6. The monoisotopic (exact) mass is 406 g/mol. The summed E-state index contributed by atoms with van der Waals surface area (Å²) in [5, 5.41) is 11.9. The maximum atomic E-state index is 12.2. The SMILES string of the molecule is C#CCN(Cc1ccc2nc(C)[nH]c(=O)c2c1)c1ccc(C(=O)OC)c([N+](=O)[O-])c1. The fourth-order valence-corrected chi connectivity index (χ4v) is 3.12. The summed E-state index contributed by atoms with van der Waals surface area (Å²) in [5.41, 5.74) is 1.03. The van der Waals surface area contributed by atoms with Gasteiger partial charge in [-0.15, -0.1) is 6.42 Å². The van der Waals surface area contributed by atoms with Crippen LogP contribution >= 0.6 is 0 Å². The van der Waals surface area contributed by atoms with Gasteiger partial charge in [0.1, 0.15) is 11.4 Å². The summed E-state index contributed by atoms with van der Waals surface area (Å²) in [6.45, 7) is 2.16. The summed E-state index contributed by atoms with van der Waals surface area (Å²) in [4.78, 5) is 43.5. The third kappa shape index (κ3) is 4.12. The van der Waals surface area contributed by atoms with Crippen molar-refractivity contribution in [2.24, 2.45) is 0 Å². The van der Waals surface area contributed by atoms with Crippen LogP contribution in [0, 0.1) is 29.4 Å². The second-order valence-electron chi connectivity index (χ2n) is 6.51. The van der Waals surface area contributed by atoms with Crippen molar-refractivity contribution in [1.29, 1.82) is 0 Å². The molecule has 0 amide bonds. The molecule has 0 fully saturated rings. The molecule has 0 saturated carbocycles. The highest BCUT2D eigenvalue weighted by Gasteiger charge is 2.23. The Morgan fingerprint density at radius 2 is 2.10 bits per heavy atom. The first-order valence-corrected chi connectivity index (χ1v) is 8.88. The quantitative estimate of drug-likeness (QED) is 0.289. The average molecular weight is 406 g/mol. The van der Waals surface area contributed by atoms with Crippen molar-refractivity contribution in [3.8, 4) is 12.3 Å². The number of nitro benzene ring substituents is 1. The number of aryl methyl sites for hydroxylation is 1. The number of H-pyrrole nitrogens is 1. The third-order valence-electron chi connectivity index (χ3n) is 4.49. The van der Waals surface area contributed by atoms with Crippen LogP contribution in [0.4, 0.5) is 11.4 Å². The molecule has 1 heterocycles. The Morgan fingerprint density at radius 1 is 1.33 bits per heavy atom.